The second-order valence-electron chi connectivity index (χ2n) is 5.14. The fourth-order valence-corrected chi connectivity index (χ4v) is 2.02. The van der Waals surface area contributed by atoms with Crippen LogP contribution in [0.2, 0.25) is 0 Å². The van der Waals surface area contributed by atoms with Crippen LogP contribution in [0.15, 0.2) is 48.5 Å². The van der Waals surface area contributed by atoms with Crippen LogP contribution in [0.3, 0.4) is 0 Å². The molecule has 2 aromatic carbocycles. The predicted molar refractivity (Wildman–Crippen MR) is 93.1 cm³/mol. The Kier molecular flexibility index (Phi) is 6.11. The number of ether oxygens (including phenoxy) is 1. The number of hydrogen-bond acceptors (Lipinski definition) is 4. The number of hydrogen-bond donors (Lipinski definition) is 3. The van der Waals surface area contributed by atoms with Crippen molar-refractivity contribution in [1.82, 2.24) is 10.9 Å². The third-order valence-corrected chi connectivity index (χ3v) is 3.45. The maximum atomic E-state index is 12.0. The zero-order valence-corrected chi connectivity index (χ0v) is 14.0. The van der Waals surface area contributed by atoms with Gasteiger partial charge >= 0.3 is 11.8 Å². The van der Waals surface area contributed by atoms with Gasteiger partial charge in [0, 0.05) is 11.3 Å². The second-order valence-corrected chi connectivity index (χ2v) is 5.14. The Hall–Kier alpha value is -3.35. The number of rotatable bonds is 4. The van der Waals surface area contributed by atoms with Crippen LogP contribution in [0.4, 0.5) is 5.69 Å². The fraction of sp³-hybridized carbons (Fsp3) is 0.167. The van der Waals surface area contributed by atoms with Crippen LogP contribution in [-0.2, 0) is 16.0 Å². The summed E-state index contributed by atoms with van der Waals surface area (Å²) in [6.45, 7) is 2.02. The van der Waals surface area contributed by atoms with Crippen LogP contribution in [0.25, 0.3) is 0 Å². The zero-order chi connectivity index (χ0) is 18.2. The molecule has 0 saturated heterocycles. The molecule has 0 saturated carbocycles. The average Bonchev–Trinajstić information content (AvgIpc) is 2.66. The van der Waals surface area contributed by atoms with E-state index in [2.05, 4.69) is 16.2 Å². The normalized spacial score (nSPS) is 9.84. The molecule has 3 N–H and O–H groups in total. The van der Waals surface area contributed by atoms with Gasteiger partial charge in [-0.25, -0.2) is 0 Å². The molecule has 0 radical (unpaired) electrons. The van der Waals surface area contributed by atoms with Gasteiger partial charge in [-0.1, -0.05) is 25.1 Å². The largest absolute Gasteiger partial charge is 0.497 e. The minimum atomic E-state index is -0.976. The maximum absolute atomic E-state index is 12.0. The van der Waals surface area contributed by atoms with E-state index in [0.717, 1.165) is 12.0 Å². The Morgan fingerprint density at radius 2 is 1.68 bits per heavy atom. The van der Waals surface area contributed by atoms with E-state index in [9.17, 15) is 14.4 Å². The number of carbonyl (C=O) groups is 3. The average molecular weight is 341 g/mol. The monoisotopic (exact) mass is 341 g/mol. The molecule has 0 unspecified atom stereocenters. The van der Waals surface area contributed by atoms with E-state index in [1.54, 1.807) is 30.3 Å². The van der Waals surface area contributed by atoms with Crippen molar-refractivity contribution in [3.8, 4) is 5.75 Å². The van der Waals surface area contributed by atoms with Gasteiger partial charge in [0.15, 0.2) is 0 Å². The third-order valence-electron chi connectivity index (χ3n) is 3.45. The topological polar surface area (TPSA) is 96.5 Å². The van der Waals surface area contributed by atoms with E-state index in [1.165, 1.54) is 13.2 Å². The van der Waals surface area contributed by atoms with E-state index in [-0.39, 0.29) is 5.56 Å². The van der Waals surface area contributed by atoms with Crippen LogP contribution < -0.4 is 20.9 Å². The first-order valence-electron chi connectivity index (χ1n) is 7.68. The molecule has 3 amide bonds. The molecule has 7 nitrogen and oxygen atoms in total. The lowest BCUT2D eigenvalue weighted by Gasteiger charge is -2.09. The van der Waals surface area contributed by atoms with E-state index in [0.29, 0.717) is 11.4 Å². The van der Waals surface area contributed by atoms with E-state index in [1.807, 2.05) is 19.1 Å². The van der Waals surface area contributed by atoms with Crippen molar-refractivity contribution in [3.63, 3.8) is 0 Å². The molecule has 7 heteroatoms. The quantitative estimate of drug-likeness (QED) is 0.582. The van der Waals surface area contributed by atoms with Crippen LogP contribution in [0.1, 0.15) is 22.8 Å². The Balaban J connectivity index is 1.87. The lowest BCUT2D eigenvalue weighted by molar-refractivity contribution is -0.136. The number of amides is 3. The molecule has 0 aliphatic carbocycles. The van der Waals surface area contributed by atoms with Gasteiger partial charge < -0.3 is 10.1 Å². The Bertz CT molecular complexity index is 772. The standard InChI is InChI=1S/C18H19N3O4/c1-3-12-7-9-14(10-8-12)19-17(23)18(24)21-20-16(22)13-5-4-6-15(11-13)25-2/h4-11H,3H2,1-2H3,(H,19,23)(H,20,22)(H,21,24). The first-order chi connectivity index (χ1) is 12.0. The summed E-state index contributed by atoms with van der Waals surface area (Å²) in [6.07, 6.45) is 0.880. The van der Waals surface area contributed by atoms with Gasteiger partial charge in [-0.3, -0.25) is 25.2 Å². The minimum Gasteiger partial charge on any atom is -0.497 e. The Morgan fingerprint density at radius 1 is 0.960 bits per heavy atom. The third kappa shape index (κ3) is 5.07. The van der Waals surface area contributed by atoms with E-state index < -0.39 is 17.7 Å². The highest BCUT2D eigenvalue weighted by Gasteiger charge is 2.15. The van der Waals surface area contributed by atoms with E-state index >= 15 is 0 Å². The summed E-state index contributed by atoms with van der Waals surface area (Å²) < 4.78 is 5.02. The van der Waals surface area contributed by atoms with Crippen LogP contribution in [0, 0.1) is 0 Å². The van der Waals surface area contributed by atoms with Crippen molar-refractivity contribution in [2.75, 3.05) is 12.4 Å². The van der Waals surface area contributed by atoms with Crippen molar-refractivity contribution in [2.45, 2.75) is 13.3 Å². The fourth-order valence-electron chi connectivity index (χ4n) is 2.02. The predicted octanol–water partition coefficient (Wildman–Crippen LogP) is 1.66. The number of benzene rings is 2. The molecule has 2 rings (SSSR count). The molecule has 0 fully saturated rings. The lowest BCUT2D eigenvalue weighted by atomic mass is 10.1. The van der Waals surface area contributed by atoms with Crippen molar-refractivity contribution >= 4 is 23.4 Å². The molecule has 2 aromatic rings. The lowest BCUT2D eigenvalue weighted by Crippen LogP contribution is -2.46. The van der Waals surface area contributed by atoms with Crippen LogP contribution in [0.5, 0.6) is 5.75 Å². The molecule has 0 aliphatic rings. The molecule has 130 valence electrons. The van der Waals surface area contributed by atoms with E-state index in [4.69, 9.17) is 4.74 Å². The number of methoxy groups -OCH3 is 1. The highest BCUT2D eigenvalue weighted by Crippen LogP contribution is 2.12. The zero-order valence-electron chi connectivity index (χ0n) is 14.0. The number of nitrogens with one attached hydrogen (secondary N) is 3. The summed E-state index contributed by atoms with van der Waals surface area (Å²) in [7, 11) is 1.48. The molecular formula is C18H19N3O4. The van der Waals surface area contributed by atoms with Gasteiger partial charge in [-0.2, -0.15) is 0 Å². The van der Waals surface area contributed by atoms with Gasteiger partial charge in [-0.15, -0.1) is 0 Å². The summed E-state index contributed by atoms with van der Waals surface area (Å²) in [6, 6.07) is 13.5. The summed E-state index contributed by atoms with van der Waals surface area (Å²) >= 11 is 0. The van der Waals surface area contributed by atoms with Crippen LogP contribution in [-0.4, -0.2) is 24.8 Å². The van der Waals surface area contributed by atoms with Gasteiger partial charge in [-0.05, 0) is 42.3 Å². The molecule has 25 heavy (non-hydrogen) atoms. The van der Waals surface area contributed by atoms with Crippen molar-refractivity contribution in [3.05, 3.63) is 59.7 Å². The number of anilines is 1. The first kappa shape index (κ1) is 18.0. The van der Waals surface area contributed by atoms with Crippen molar-refractivity contribution in [1.29, 1.82) is 0 Å². The highest BCUT2D eigenvalue weighted by molar-refractivity contribution is 6.39. The van der Waals surface area contributed by atoms with Gasteiger partial charge in [0.25, 0.3) is 5.91 Å². The minimum absolute atomic E-state index is 0.287. The van der Waals surface area contributed by atoms with Crippen LogP contribution >= 0.6 is 0 Å². The molecule has 0 heterocycles. The van der Waals surface area contributed by atoms with Gasteiger partial charge in [0.2, 0.25) is 0 Å². The Morgan fingerprint density at radius 3 is 2.32 bits per heavy atom. The molecule has 0 bridgehead atoms. The first-order valence-corrected chi connectivity index (χ1v) is 7.68. The van der Waals surface area contributed by atoms with Crippen molar-refractivity contribution < 1.29 is 19.1 Å². The molecular weight excluding hydrogens is 322 g/mol. The maximum Gasteiger partial charge on any atom is 0.328 e. The van der Waals surface area contributed by atoms with Crippen molar-refractivity contribution in [2.24, 2.45) is 0 Å². The molecule has 0 aromatic heterocycles. The summed E-state index contributed by atoms with van der Waals surface area (Å²) in [5, 5.41) is 2.45. The summed E-state index contributed by atoms with van der Waals surface area (Å²) in [4.78, 5) is 35.5. The number of aryl methyl sites for hydroxylation is 1. The number of hydrazine groups is 1. The molecule has 0 aliphatic heterocycles. The summed E-state index contributed by atoms with van der Waals surface area (Å²) in [5.41, 5.74) is 6.15. The van der Waals surface area contributed by atoms with Gasteiger partial charge in [0.05, 0.1) is 7.11 Å². The molecule has 0 spiro atoms. The number of carbonyl (C=O) groups excluding carboxylic acids is 3. The SMILES string of the molecule is CCc1ccc(NC(=O)C(=O)NNC(=O)c2cccc(OC)c2)cc1. The molecule has 0 atom stereocenters. The summed E-state index contributed by atoms with van der Waals surface area (Å²) in [5.74, 6) is -1.91. The second kappa shape index (κ2) is 8.49. The Labute approximate surface area is 145 Å². The smallest absolute Gasteiger partial charge is 0.328 e. The van der Waals surface area contributed by atoms with Gasteiger partial charge in [0.1, 0.15) is 5.75 Å². The highest BCUT2D eigenvalue weighted by atomic mass is 16.5.